The zero-order valence-corrected chi connectivity index (χ0v) is 14.3. The van der Waals surface area contributed by atoms with Crippen LogP contribution in [0.1, 0.15) is 10.4 Å². The van der Waals surface area contributed by atoms with Crippen molar-refractivity contribution in [1.82, 2.24) is 0 Å². The molecule has 0 bridgehead atoms. The van der Waals surface area contributed by atoms with Gasteiger partial charge in [0.05, 0.1) is 20.2 Å². The van der Waals surface area contributed by atoms with Gasteiger partial charge in [-0.25, -0.2) is 0 Å². The number of anilines is 1. The average Bonchev–Trinajstić information content (AvgIpc) is 3.13. The first-order valence-corrected chi connectivity index (χ1v) is 7.80. The van der Waals surface area contributed by atoms with E-state index in [1.54, 1.807) is 12.1 Å². The molecular weight excluding hydrogens is 358 g/mol. The molecule has 140 valence electrons. The first-order chi connectivity index (χ1) is 13.0. The number of aromatic carboxylic acids is 1. The molecule has 0 spiro atoms. The molecule has 0 saturated carbocycles. The van der Waals surface area contributed by atoms with E-state index in [1.807, 2.05) is 0 Å². The lowest BCUT2D eigenvalue weighted by molar-refractivity contribution is -0.254. The highest BCUT2D eigenvalue weighted by atomic mass is 16.8. The van der Waals surface area contributed by atoms with Crippen molar-refractivity contribution in [2.45, 2.75) is 0 Å². The fourth-order valence-electron chi connectivity index (χ4n) is 3.33. The Morgan fingerprint density at radius 3 is 2.41 bits per heavy atom. The number of carboxylic acids is 1. The van der Waals surface area contributed by atoms with Gasteiger partial charge in [0.15, 0.2) is 23.0 Å². The molecule has 4 rings (SSSR count). The molecule has 2 N–H and O–H groups in total. The molecule has 1 heterocycles. The lowest BCUT2D eigenvalue weighted by Gasteiger charge is -2.19. The summed E-state index contributed by atoms with van der Waals surface area (Å²) in [5.41, 5.74) is -0.434. The summed E-state index contributed by atoms with van der Waals surface area (Å²) in [6.07, 6.45) is 0. The van der Waals surface area contributed by atoms with Crippen LogP contribution < -0.4 is 29.3 Å². The van der Waals surface area contributed by atoms with E-state index >= 15 is 0 Å². The van der Waals surface area contributed by atoms with Crippen LogP contribution in [-0.4, -0.2) is 37.4 Å². The van der Waals surface area contributed by atoms with Gasteiger partial charge in [0.25, 0.3) is 0 Å². The number of carbonyl (C=O) groups is 1. The van der Waals surface area contributed by atoms with E-state index in [1.165, 1.54) is 26.4 Å². The summed E-state index contributed by atoms with van der Waals surface area (Å²) >= 11 is 0. The standard InChI is InChI=1S/C18H15NO8/c1-24-12-4-8-3-11(19(22)23)15-10(18(20)21)6-14-17(27-7-26-14)16(15)9(8)5-13(12)25-2/h3-6,22-23H,7H2,1-2H3,(H,20,21)/p-1. The molecule has 27 heavy (non-hydrogen) atoms. The van der Waals surface area contributed by atoms with Crippen LogP contribution >= 0.6 is 0 Å². The Morgan fingerprint density at radius 1 is 1.07 bits per heavy atom. The molecule has 0 aromatic heterocycles. The summed E-state index contributed by atoms with van der Waals surface area (Å²) in [6, 6.07) is 5.93. The molecule has 3 aromatic rings. The molecule has 1 aliphatic heterocycles. The van der Waals surface area contributed by atoms with E-state index < -0.39 is 5.97 Å². The van der Waals surface area contributed by atoms with Crippen molar-refractivity contribution >= 4 is 33.2 Å². The molecule has 1 aliphatic rings. The average molecular weight is 372 g/mol. The van der Waals surface area contributed by atoms with Gasteiger partial charge >= 0.3 is 0 Å². The number of carboxylic acid groups (broad SMARTS) is 1. The van der Waals surface area contributed by atoms with Crippen molar-refractivity contribution < 1.29 is 39.3 Å². The fourth-order valence-corrected chi connectivity index (χ4v) is 3.33. The predicted molar refractivity (Wildman–Crippen MR) is 91.1 cm³/mol. The highest BCUT2D eigenvalue weighted by Crippen LogP contribution is 2.49. The van der Waals surface area contributed by atoms with Gasteiger partial charge in [0.2, 0.25) is 6.79 Å². The number of fused-ring (bicyclic) bond motifs is 5. The molecule has 0 fully saturated rings. The summed E-state index contributed by atoms with van der Waals surface area (Å²) in [5, 5.41) is 32.4. The highest BCUT2D eigenvalue weighted by molar-refractivity contribution is 6.22. The maximum absolute atomic E-state index is 11.7. The molecule has 0 amide bonds. The van der Waals surface area contributed by atoms with E-state index in [9.17, 15) is 20.3 Å². The Kier molecular flexibility index (Phi) is 3.83. The van der Waals surface area contributed by atoms with Gasteiger partial charge in [-0.15, -0.1) is 5.23 Å². The molecular formula is C18H14NO8-. The first kappa shape index (κ1) is 17.0. The molecule has 0 aliphatic carbocycles. The van der Waals surface area contributed by atoms with E-state index in [0.717, 1.165) is 0 Å². The van der Waals surface area contributed by atoms with E-state index in [-0.39, 0.29) is 40.2 Å². The lowest BCUT2D eigenvalue weighted by atomic mass is 9.95. The maximum Gasteiger partial charge on any atom is 0.231 e. The van der Waals surface area contributed by atoms with Crippen molar-refractivity contribution in [3.05, 3.63) is 29.8 Å². The second-order valence-electron chi connectivity index (χ2n) is 5.81. The Labute approximate surface area is 152 Å². The lowest BCUT2D eigenvalue weighted by Crippen LogP contribution is -2.23. The van der Waals surface area contributed by atoms with Crippen molar-refractivity contribution in [2.24, 2.45) is 0 Å². The van der Waals surface area contributed by atoms with E-state index in [2.05, 4.69) is 0 Å². The fraction of sp³-hybridized carbons (Fsp3) is 0.167. The van der Waals surface area contributed by atoms with Gasteiger partial charge in [0, 0.05) is 16.3 Å². The molecule has 9 heteroatoms. The molecule has 0 saturated heterocycles. The van der Waals surface area contributed by atoms with Crippen LogP contribution in [0.15, 0.2) is 24.3 Å². The van der Waals surface area contributed by atoms with E-state index in [4.69, 9.17) is 18.9 Å². The summed E-state index contributed by atoms with van der Waals surface area (Å²) in [4.78, 5) is 11.7. The number of methoxy groups -OCH3 is 2. The number of nitrogens with zero attached hydrogens (tertiary/aromatic N) is 1. The molecule has 3 aromatic carbocycles. The SMILES string of the molecule is COc1cc2cc(N(O)O)c3c(C(=O)[O-])cc4c(c3c2cc1OC)OCO4. The maximum atomic E-state index is 11.7. The largest absolute Gasteiger partial charge is 0.545 e. The van der Waals surface area contributed by atoms with Crippen LogP contribution in [0, 0.1) is 0 Å². The van der Waals surface area contributed by atoms with Gasteiger partial charge in [-0.3, -0.25) is 10.4 Å². The van der Waals surface area contributed by atoms with Crippen LogP contribution in [0.2, 0.25) is 0 Å². The van der Waals surface area contributed by atoms with Crippen LogP contribution in [0.25, 0.3) is 21.5 Å². The number of carbonyl (C=O) groups excluding carboxylic acids is 1. The first-order valence-electron chi connectivity index (χ1n) is 7.80. The highest BCUT2D eigenvalue weighted by Gasteiger charge is 2.26. The smallest absolute Gasteiger partial charge is 0.231 e. The van der Waals surface area contributed by atoms with Gasteiger partial charge in [-0.1, -0.05) is 0 Å². The molecule has 9 nitrogen and oxygen atoms in total. The van der Waals surface area contributed by atoms with Crippen molar-refractivity contribution in [3.63, 3.8) is 0 Å². The van der Waals surface area contributed by atoms with Crippen molar-refractivity contribution in [3.8, 4) is 23.0 Å². The summed E-state index contributed by atoms with van der Waals surface area (Å²) in [7, 11) is 2.94. The molecule has 0 atom stereocenters. The number of benzene rings is 3. The Balaban J connectivity index is 2.28. The normalized spacial score (nSPS) is 12.4. The second-order valence-corrected chi connectivity index (χ2v) is 5.81. The summed E-state index contributed by atoms with van der Waals surface area (Å²) < 4.78 is 21.5. The molecule has 0 unspecified atom stereocenters. The summed E-state index contributed by atoms with van der Waals surface area (Å²) in [5.74, 6) is -0.160. The topological polar surface area (TPSA) is 121 Å². The minimum absolute atomic E-state index is 0.0315. The number of hydrogen-bond acceptors (Lipinski definition) is 9. The monoisotopic (exact) mass is 372 g/mol. The summed E-state index contributed by atoms with van der Waals surface area (Å²) in [6.45, 7) is -0.0953. The van der Waals surface area contributed by atoms with Gasteiger partial charge in [0.1, 0.15) is 5.69 Å². The Bertz CT molecular complexity index is 1090. The van der Waals surface area contributed by atoms with Crippen LogP contribution in [0.5, 0.6) is 23.0 Å². The number of ether oxygens (including phenoxy) is 4. The van der Waals surface area contributed by atoms with Crippen molar-refractivity contribution in [1.29, 1.82) is 0 Å². The number of rotatable bonds is 4. The predicted octanol–water partition coefficient (Wildman–Crippen LogP) is 1.69. The second kappa shape index (κ2) is 6.08. The minimum Gasteiger partial charge on any atom is -0.545 e. The van der Waals surface area contributed by atoms with Crippen molar-refractivity contribution in [2.75, 3.05) is 26.2 Å². The zero-order chi connectivity index (χ0) is 19.3. The quantitative estimate of drug-likeness (QED) is 0.520. The third kappa shape index (κ3) is 2.44. The van der Waals surface area contributed by atoms with Crippen LogP contribution in [0.4, 0.5) is 5.69 Å². The Morgan fingerprint density at radius 2 is 1.78 bits per heavy atom. The third-order valence-electron chi connectivity index (χ3n) is 4.47. The van der Waals surface area contributed by atoms with E-state index in [0.29, 0.717) is 27.7 Å². The van der Waals surface area contributed by atoms with Gasteiger partial charge < -0.3 is 28.8 Å². The minimum atomic E-state index is -1.50. The number of hydrogen-bond donors (Lipinski definition) is 2. The van der Waals surface area contributed by atoms with Gasteiger partial charge in [-0.05, 0) is 35.0 Å². The van der Waals surface area contributed by atoms with Crippen LogP contribution in [-0.2, 0) is 0 Å². The third-order valence-corrected chi connectivity index (χ3v) is 4.47. The Hall–Kier alpha value is -3.43. The molecule has 0 radical (unpaired) electrons. The van der Waals surface area contributed by atoms with Gasteiger partial charge in [-0.2, -0.15) is 0 Å². The van der Waals surface area contributed by atoms with Crippen LogP contribution in [0.3, 0.4) is 0 Å². The zero-order valence-electron chi connectivity index (χ0n) is 14.3.